The molecule has 3 aliphatic rings. The number of fused-ring (bicyclic) bond motifs is 4. The minimum absolute atomic E-state index is 0. The van der Waals surface area contributed by atoms with Crippen molar-refractivity contribution in [3.8, 4) is 11.5 Å². The summed E-state index contributed by atoms with van der Waals surface area (Å²) in [5, 5.41) is 0. The van der Waals surface area contributed by atoms with Gasteiger partial charge in [0.2, 0.25) is 0 Å². The maximum atomic E-state index is 6.39. The first kappa shape index (κ1) is 31.3. The van der Waals surface area contributed by atoms with E-state index in [0.29, 0.717) is 71.0 Å². The van der Waals surface area contributed by atoms with Crippen molar-refractivity contribution in [1.29, 1.82) is 0 Å². The molecule has 6 unspecified atom stereocenters. The molecular weight excluding hydrogens is 535 g/mol. The van der Waals surface area contributed by atoms with Crippen LogP contribution in [0.15, 0.2) is 54.6 Å². The molecule has 0 amide bonds. The maximum absolute atomic E-state index is 6.39. The molecule has 6 atom stereocenters. The molecule has 0 spiro atoms. The average Bonchev–Trinajstić information content (AvgIpc) is 2.96. The van der Waals surface area contributed by atoms with Gasteiger partial charge in [-0.1, -0.05) is 42.5 Å². The summed E-state index contributed by atoms with van der Waals surface area (Å²) >= 11 is 0. The van der Waals surface area contributed by atoms with E-state index in [9.17, 15) is 0 Å². The Bertz CT molecular complexity index is 966. The summed E-state index contributed by atoms with van der Waals surface area (Å²) in [6.45, 7) is 3.32. The SMILES string of the molecule is COC1OC2COC(c3ccccc3)OC2C2OCCOCCOc3ccccc3OCCOCCOC12.[K+]. The van der Waals surface area contributed by atoms with Crippen LogP contribution in [0.1, 0.15) is 11.9 Å². The Morgan fingerprint density at radius 3 is 1.85 bits per heavy atom. The van der Waals surface area contributed by atoms with Crippen LogP contribution in [0.25, 0.3) is 0 Å². The summed E-state index contributed by atoms with van der Waals surface area (Å²) in [5.74, 6) is 1.34. The van der Waals surface area contributed by atoms with Crippen molar-refractivity contribution in [3.05, 3.63) is 60.2 Å². The van der Waals surface area contributed by atoms with Gasteiger partial charge in [-0.15, -0.1) is 0 Å². The van der Waals surface area contributed by atoms with Gasteiger partial charge in [-0.05, 0) is 12.1 Å². The summed E-state index contributed by atoms with van der Waals surface area (Å²) in [4.78, 5) is 0. The van der Waals surface area contributed by atoms with Crippen molar-refractivity contribution in [2.24, 2.45) is 0 Å². The predicted molar refractivity (Wildman–Crippen MR) is 134 cm³/mol. The van der Waals surface area contributed by atoms with Gasteiger partial charge in [-0.25, -0.2) is 0 Å². The molecule has 5 rings (SSSR count). The molecule has 39 heavy (non-hydrogen) atoms. The van der Waals surface area contributed by atoms with Gasteiger partial charge in [0.25, 0.3) is 0 Å². The third-order valence-corrected chi connectivity index (χ3v) is 6.48. The first-order chi connectivity index (χ1) is 18.8. The summed E-state index contributed by atoms with van der Waals surface area (Å²) in [5.41, 5.74) is 0.929. The number of rotatable bonds is 2. The first-order valence-corrected chi connectivity index (χ1v) is 13.1. The van der Waals surface area contributed by atoms with Gasteiger partial charge in [0.1, 0.15) is 37.6 Å². The van der Waals surface area contributed by atoms with Crippen LogP contribution in [0.2, 0.25) is 0 Å². The van der Waals surface area contributed by atoms with Crippen molar-refractivity contribution in [2.75, 3.05) is 66.6 Å². The van der Waals surface area contributed by atoms with Crippen LogP contribution < -0.4 is 60.9 Å². The van der Waals surface area contributed by atoms with Crippen LogP contribution in [0, 0.1) is 0 Å². The van der Waals surface area contributed by atoms with E-state index in [4.69, 9.17) is 47.4 Å². The van der Waals surface area contributed by atoms with Crippen LogP contribution in [0.5, 0.6) is 11.5 Å². The van der Waals surface area contributed by atoms with E-state index >= 15 is 0 Å². The zero-order valence-corrected chi connectivity index (χ0v) is 25.7. The second-order valence-corrected chi connectivity index (χ2v) is 8.99. The van der Waals surface area contributed by atoms with E-state index in [1.54, 1.807) is 7.11 Å². The third-order valence-electron chi connectivity index (χ3n) is 6.48. The fourth-order valence-electron chi connectivity index (χ4n) is 4.68. The second kappa shape index (κ2) is 16.7. The summed E-state index contributed by atoms with van der Waals surface area (Å²) in [6.07, 6.45) is -2.98. The van der Waals surface area contributed by atoms with Crippen LogP contribution in [-0.2, 0) is 37.9 Å². The Balaban J connectivity index is 0.00000353. The van der Waals surface area contributed by atoms with Crippen LogP contribution >= 0.6 is 0 Å². The summed E-state index contributed by atoms with van der Waals surface area (Å²) < 4.78 is 60.0. The number of para-hydroxylation sites is 2. The third kappa shape index (κ3) is 8.68. The maximum Gasteiger partial charge on any atom is 1.00 e. The number of hydrogen-bond acceptors (Lipinski definition) is 10. The van der Waals surface area contributed by atoms with Gasteiger partial charge in [-0.3, -0.25) is 0 Å². The van der Waals surface area contributed by atoms with Crippen LogP contribution in [-0.4, -0.2) is 97.3 Å². The molecule has 11 heteroatoms. The molecule has 0 bridgehead atoms. The zero-order chi connectivity index (χ0) is 26.0. The van der Waals surface area contributed by atoms with E-state index in [1.165, 1.54) is 0 Å². The Hall–Kier alpha value is -0.644. The Morgan fingerprint density at radius 1 is 0.615 bits per heavy atom. The average molecular weight is 572 g/mol. The van der Waals surface area contributed by atoms with Crippen LogP contribution in [0.3, 0.4) is 0 Å². The van der Waals surface area contributed by atoms with Gasteiger partial charge < -0.3 is 47.4 Å². The largest absolute Gasteiger partial charge is 1.00 e. The molecule has 2 aromatic carbocycles. The number of methoxy groups -OCH3 is 1. The van der Waals surface area contributed by atoms with E-state index in [-0.39, 0.29) is 57.5 Å². The molecule has 208 valence electrons. The van der Waals surface area contributed by atoms with E-state index in [0.717, 1.165) is 5.56 Å². The smallest absolute Gasteiger partial charge is 0.487 e. The molecule has 2 fully saturated rings. The minimum Gasteiger partial charge on any atom is -0.487 e. The van der Waals surface area contributed by atoms with Gasteiger partial charge in [0, 0.05) is 12.7 Å². The topological polar surface area (TPSA) is 92.3 Å². The Morgan fingerprint density at radius 2 is 1.21 bits per heavy atom. The zero-order valence-electron chi connectivity index (χ0n) is 22.6. The monoisotopic (exact) mass is 571 g/mol. The van der Waals surface area contributed by atoms with Crippen LogP contribution in [0.4, 0.5) is 0 Å². The van der Waals surface area contributed by atoms with Crippen molar-refractivity contribution >= 4 is 0 Å². The van der Waals surface area contributed by atoms with E-state index in [1.807, 2.05) is 54.6 Å². The Labute approximate surface area is 271 Å². The van der Waals surface area contributed by atoms with Gasteiger partial charge in [0.05, 0.1) is 46.2 Å². The minimum atomic E-state index is -0.651. The van der Waals surface area contributed by atoms with Crippen molar-refractivity contribution < 1.29 is 98.8 Å². The first-order valence-electron chi connectivity index (χ1n) is 13.1. The van der Waals surface area contributed by atoms with Crippen molar-refractivity contribution in [1.82, 2.24) is 0 Å². The van der Waals surface area contributed by atoms with E-state index < -0.39 is 30.9 Å². The van der Waals surface area contributed by atoms with Gasteiger partial charge in [0.15, 0.2) is 24.1 Å². The quantitative estimate of drug-likeness (QED) is 0.450. The molecular formula is C28H36KO10+. The molecule has 10 nitrogen and oxygen atoms in total. The molecule has 0 aliphatic carbocycles. The van der Waals surface area contributed by atoms with E-state index in [2.05, 4.69) is 0 Å². The molecule has 0 saturated carbocycles. The number of benzene rings is 2. The molecule has 2 aromatic rings. The summed E-state index contributed by atoms with van der Waals surface area (Å²) in [6, 6.07) is 17.4. The fraction of sp³-hybridized carbons (Fsp3) is 0.571. The molecule has 2 saturated heterocycles. The Kier molecular flexibility index (Phi) is 13.4. The van der Waals surface area contributed by atoms with Gasteiger partial charge in [-0.2, -0.15) is 0 Å². The molecule has 0 aromatic heterocycles. The van der Waals surface area contributed by atoms with Crippen molar-refractivity contribution in [3.63, 3.8) is 0 Å². The molecule has 3 heterocycles. The molecule has 3 aliphatic heterocycles. The normalized spacial score (nSPS) is 30.9. The summed E-state index contributed by atoms with van der Waals surface area (Å²) in [7, 11) is 1.59. The standard InChI is InChI=1S/C28H36O10.K/c1-29-28-26-25(24-23(37-28)19-36-27(38-24)20-7-3-2-4-8-20)34-17-13-30-11-15-32-21-9-5-6-10-22(21)33-16-12-31-14-18-35-26;/h2-10,23-28H,11-19H2,1H3;/q;+1. The van der Waals surface area contributed by atoms with Gasteiger partial charge >= 0.3 is 51.4 Å². The number of ether oxygens (including phenoxy) is 10. The number of hydrogen-bond donors (Lipinski definition) is 0. The second-order valence-electron chi connectivity index (χ2n) is 8.99. The predicted octanol–water partition coefficient (Wildman–Crippen LogP) is -0.249. The fourth-order valence-corrected chi connectivity index (χ4v) is 4.68. The molecule has 0 radical (unpaired) electrons. The molecule has 0 N–H and O–H groups in total. The van der Waals surface area contributed by atoms with Crippen molar-refractivity contribution in [2.45, 2.75) is 37.0 Å².